The van der Waals surface area contributed by atoms with Crippen LogP contribution in [0.3, 0.4) is 0 Å². The van der Waals surface area contributed by atoms with Gasteiger partial charge in [0.15, 0.2) is 0 Å². The number of fused-ring (bicyclic) bond motifs is 2. The van der Waals surface area contributed by atoms with Crippen molar-refractivity contribution in [3.63, 3.8) is 0 Å². The standard InChI is InChI=1S/C30H44N2O2/c1-33-29-21-25-11-5-3-9-23(25)19-27(29)13-17-31-15-7-8-16-32-18-14-28-20-24-10-4-6-12-26(24)22-30(28)34-2/h19-22,31-32H,3-18H2,1-2H3. The maximum absolute atomic E-state index is 5.67. The summed E-state index contributed by atoms with van der Waals surface area (Å²) in [6.45, 7) is 4.18. The first-order chi connectivity index (χ1) is 16.8. The molecule has 2 aliphatic carbocycles. The summed E-state index contributed by atoms with van der Waals surface area (Å²) in [5.41, 5.74) is 8.79. The first kappa shape index (κ1) is 25.1. The van der Waals surface area contributed by atoms with Crippen molar-refractivity contribution < 1.29 is 9.47 Å². The Labute approximate surface area is 206 Å². The third kappa shape index (κ3) is 6.76. The molecular weight excluding hydrogens is 420 g/mol. The van der Waals surface area contributed by atoms with Gasteiger partial charge < -0.3 is 20.1 Å². The van der Waals surface area contributed by atoms with Gasteiger partial charge in [-0.2, -0.15) is 0 Å². The molecule has 2 N–H and O–H groups in total. The van der Waals surface area contributed by atoms with E-state index in [4.69, 9.17) is 9.47 Å². The first-order valence-electron chi connectivity index (χ1n) is 13.6. The van der Waals surface area contributed by atoms with Crippen LogP contribution in [-0.2, 0) is 38.5 Å². The third-order valence-corrected chi connectivity index (χ3v) is 7.59. The summed E-state index contributed by atoms with van der Waals surface area (Å²) in [7, 11) is 3.60. The van der Waals surface area contributed by atoms with Crippen LogP contribution in [0.15, 0.2) is 24.3 Å². The molecular formula is C30H44N2O2. The number of hydrogen-bond acceptors (Lipinski definition) is 4. The highest BCUT2D eigenvalue weighted by Gasteiger charge is 2.15. The molecule has 4 rings (SSSR count). The minimum absolute atomic E-state index is 1.01. The van der Waals surface area contributed by atoms with Crippen LogP contribution in [-0.4, -0.2) is 40.4 Å². The van der Waals surface area contributed by atoms with Gasteiger partial charge in [-0.3, -0.25) is 0 Å². The largest absolute Gasteiger partial charge is 0.496 e. The molecule has 0 heterocycles. The van der Waals surface area contributed by atoms with E-state index in [-0.39, 0.29) is 0 Å². The summed E-state index contributed by atoms with van der Waals surface area (Å²) in [4.78, 5) is 0. The fraction of sp³-hybridized carbons (Fsp3) is 0.600. The van der Waals surface area contributed by atoms with E-state index in [9.17, 15) is 0 Å². The molecule has 0 unspecified atom stereocenters. The van der Waals surface area contributed by atoms with Crippen LogP contribution in [0.2, 0.25) is 0 Å². The fourth-order valence-corrected chi connectivity index (χ4v) is 5.60. The molecule has 34 heavy (non-hydrogen) atoms. The maximum Gasteiger partial charge on any atom is 0.122 e. The summed E-state index contributed by atoms with van der Waals surface area (Å²) in [6, 6.07) is 9.37. The summed E-state index contributed by atoms with van der Waals surface area (Å²) in [6.07, 6.45) is 14.6. The van der Waals surface area contributed by atoms with Crippen molar-refractivity contribution in [2.45, 2.75) is 77.0 Å². The summed E-state index contributed by atoms with van der Waals surface area (Å²) in [5.74, 6) is 2.14. The van der Waals surface area contributed by atoms with Crippen molar-refractivity contribution in [1.82, 2.24) is 10.6 Å². The zero-order chi connectivity index (χ0) is 23.6. The van der Waals surface area contributed by atoms with Gasteiger partial charge in [0.2, 0.25) is 0 Å². The van der Waals surface area contributed by atoms with Crippen molar-refractivity contribution in [3.05, 3.63) is 57.6 Å². The normalized spacial score (nSPS) is 15.0. The van der Waals surface area contributed by atoms with Crippen LogP contribution in [0.4, 0.5) is 0 Å². The van der Waals surface area contributed by atoms with Gasteiger partial charge in [-0.25, -0.2) is 0 Å². The molecule has 0 radical (unpaired) electrons. The van der Waals surface area contributed by atoms with Crippen molar-refractivity contribution in [2.75, 3.05) is 40.4 Å². The predicted octanol–water partition coefficient (Wildman–Crippen LogP) is 5.21. The van der Waals surface area contributed by atoms with E-state index in [1.54, 1.807) is 25.3 Å². The van der Waals surface area contributed by atoms with Crippen molar-refractivity contribution >= 4 is 0 Å². The Morgan fingerprint density at radius 2 is 0.941 bits per heavy atom. The summed E-state index contributed by atoms with van der Waals surface area (Å²) < 4.78 is 11.3. The highest BCUT2D eigenvalue weighted by Crippen LogP contribution is 2.30. The SMILES string of the molecule is COc1cc2c(cc1CCNCCCCNCCc1cc3c(cc1OC)CCCC3)CCCC2. The lowest BCUT2D eigenvalue weighted by molar-refractivity contribution is 0.407. The molecule has 4 heteroatoms. The van der Waals surface area contributed by atoms with Gasteiger partial charge in [-0.05, 0) is 149 Å². The molecule has 0 amide bonds. The summed E-state index contributed by atoms with van der Waals surface area (Å²) in [5, 5.41) is 7.25. The molecule has 2 aromatic rings. The van der Waals surface area contributed by atoms with E-state index in [0.717, 1.165) is 50.5 Å². The van der Waals surface area contributed by atoms with Gasteiger partial charge in [0.05, 0.1) is 14.2 Å². The van der Waals surface area contributed by atoms with Gasteiger partial charge >= 0.3 is 0 Å². The number of hydrogen-bond donors (Lipinski definition) is 2. The molecule has 0 bridgehead atoms. The molecule has 0 atom stereocenters. The third-order valence-electron chi connectivity index (χ3n) is 7.59. The van der Waals surface area contributed by atoms with E-state index < -0.39 is 0 Å². The lowest BCUT2D eigenvalue weighted by atomic mass is 9.89. The molecule has 0 aliphatic heterocycles. The molecule has 0 saturated carbocycles. The number of unbranched alkanes of at least 4 members (excludes halogenated alkanes) is 1. The monoisotopic (exact) mass is 464 g/mol. The molecule has 0 saturated heterocycles. The molecule has 0 aromatic heterocycles. The molecule has 2 aromatic carbocycles. The Morgan fingerprint density at radius 1 is 0.559 bits per heavy atom. The van der Waals surface area contributed by atoms with Crippen LogP contribution >= 0.6 is 0 Å². The molecule has 2 aliphatic rings. The molecule has 4 nitrogen and oxygen atoms in total. The minimum atomic E-state index is 1.01. The van der Waals surface area contributed by atoms with E-state index in [1.165, 1.54) is 86.5 Å². The Kier molecular flexibility index (Phi) is 9.70. The average molecular weight is 465 g/mol. The quantitative estimate of drug-likeness (QED) is 0.400. The second-order valence-electron chi connectivity index (χ2n) is 9.99. The van der Waals surface area contributed by atoms with Gasteiger partial charge in [0, 0.05) is 0 Å². The zero-order valence-electron chi connectivity index (χ0n) is 21.4. The Hall–Kier alpha value is -2.04. The smallest absolute Gasteiger partial charge is 0.122 e. The van der Waals surface area contributed by atoms with Gasteiger partial charge in [0.1, 0.15) is 11.5 Å². The number of rotatable bonds is 13. The molecule has 0 spiro atoms. The number of ether oxygens (including phenoxy) is 2. The van der Waals surface area contributed by atoms with E-state index in [1.807, 2.05) is 0 Å². The van der Waals surface area contributed by atoms with Crippen LogP contribution in [0.5, 0.6) is 11.5 Å². The van der Waals surface area contributed by atoms with Crippen LogP contribution in [0.1, 0.15) is 71.9 Å². The maximum atomic E-state index is 5.67. The molecule has 0 fully saturated rings. The second-order valence-corrected chi connectivity index (χ2v) is 9.99. The highest BCUT2D eigenvalue weighted by atomic mass is 16.5. The first-order valence-corrected chi connectivity index (χ1v) is 13.6. The zero-order valence-corrected chi connectivity index (χ0v) is 21.4. The average Bonchev–Trinajstić information content (AvgIpc) is 2.88. The number of methoxy groups -OCH3 is 2. The Morgan fingerprint density at radius 3 is 1.32 bits per heavy atom. The number of aryl methyl sites for hydroxylation is 4. The number of nitrogens with one attached hydrogen (secondary N) is 2. The number of benzene rings is 2. The van der Waals surface area contributed by atoms with Crippen LogP contribution < -0.4 is 20.1 Å². The van der Waals surface area contributed by atoms with E-state index in [2.05, 4.69) is 34.9 Å². The predicted molar refractivity (Wildman–Crippen MR) is 142 cm³/mol. The lowest BCUT2D eigenvalue weighted by Crippen LogP contribution is -2.22. The highest BCUT2D eigenvalue weighted by molar-refractivity contribution is 5.45. The van der Waals surface area contributed by atoms with Crippen molar-refractivity contribution in [2.24, 2.45) is 0 Å². The fourth-order valence-electron chi connectivity index (χ4n) is 5.60. The van der Waals surface area contributed by atoms with Gasteiger partial charge in [-0.15, -0.1) is 0 Å². The second kappa shape index (κ2) is 13.2. The van der Waals surface area contributed by atoms with E-state index in [0.29, 0.717) is 0 Å². The Balaban J connectivity index is 1.09. The van der Waals surface area contributed by atoms with Crippen LogP contribution in [0.25, 0.3) is 0 Å². The van der Waals surface area contributed by atoms with Crippen LogP contribution in [0, 0.1) is 0 Å². The topological polar surface area (TPSA) is 42.5 Å². The molecule has 186 valence electrons. The van der Waals surface area contributed by atoms with Gasteiger partial charge in [-0.1, -0.05) is 12.1 Å². The lowest BCUT2D eigenvalue weighted by Gasteiger charge is -2.19. The summed E-state index contributed by atoms with van der Waals surface area (Å²) >= 11 is 0. The van der Waals surface area contributed by atoms with E-state index >= 15 is 0 Å². The minimum Gasteiger partial charge on any atom is -0.496 e. The van der Waals surface area contributed by atoms with Crippen molar-refractivity contribution in [1.29, 1.82) is 0 Å². The van der Waals surface area contributed by atoms with Crippen molar-refractivity contribution in [3.8, 4) is 11.5 Å². The van der Waals surface area contributed by atoms with Gasteiger partial charge in [0.25, 0.3) is 0 Å². The Bertz CT molecular complexity index is 849.